The molecule has 1 N–H and O–H groups in total. The van der Waals surface area contributed by atoms with Crippen LogP contribution >= 0.6 is 11.8 Å². The van der Waals surface area contributed by atoms with Gasteiger partial charge in [0.25, 0.3) is 11.1 Å². The van der Waals surface area contributed by atoms with Crippen molar-refractivity contribution < 1.29 is 14.7 Å². The molecule has 5 heteroatoms. The van der Waals surface area contributed by atoms with Gasteiger partial charge < -0.3 is 5.11 Å². The van der Waals surface area contributed by atoms with Crippen molar-refractivity contribution in [2.75, 3.05) is 7.05 Å². The first-order valence-electron chi connectivity index (χ1n) is 5.42. The van der Waals surface area contributed by atoms with Gasteiger partial charge in [-0.1, -0.05) is 0 Å². The van der Waals surface area contributed by atoms with Crippen LogP contribution in [0.5, 0.6) is 5.75 Å². The van der Waals surface area contributed by atoms with E-state index in [-0.39, 0.29) is 16.9 Å². The first-order chi connectivity index (χ1) is 8.40. The van der Waals surface area contributed by atoms with Gasteiger partial charge in [-0.25, -0.2) is 0 Å². The van der Waals surface area contributed by atoms with E-state index in [9.17, 15) is 14.7 Å². The number of amides is 2. The number of aromatic hydroxyl groups is 1. The lowest BCUT2D eigenvalue weighted by atomic mass is 10.1. The summed E-state index contributed by atoms with van der Waals surface area (Å²) in [7, 11) is 1.46. The van der Waals surface area contributed by atoms with Gasteiger partial charge in [0.2, 0.25) is 0 Å². The number of benzene rings is 1. The molecule has 18 heavy (non-hydrogen) atoms. The number of hydrogen-bond donors (Lipinski definition) is 1. The first-order valence-corrected chi connectivity index (χ1v) is 6.23. The number of likely N-dealkylation sites (N-methyl/N-ethyl adjacent to an activating group) is 1. The van der Waals surface area contributed by atoms with E-state index in [0.717, 1.165) is 33.4 Å². The van der Waals surface area contributed by atoms with Gasteiger partial charge in [0.05, 0.1) is 4.91 Å². The van der Waals surface area contributed by atoms with Crippen LogP contribution in [-0.4, -0.2) is 28.2 Å². The maximum atomic E-state index is 11.7. The van der Waals surface area contributed by atoms with Crippen LogP contribution in [0.25, 0.3) is 6.08 Å². The minimum absolute atomic E-state index is 0.260. The Morgan fingerprint density at radius 1 is 1.22 bits per heavy atom. The van der Waals surface area contributed by atoms with E-state index in [1.54, 1.807) is 32.1 Å². The summed E-state index contributed by atoms with van der Waals surface area (Å²) in [6.45, 7) is 3.59. The Morgan fingerprint density at radius 3 is 2.22 bits per heavy atom. The topological polar surface area (TPSA) is 57.6 Å². The van der Waals surface area contributed by atoms with Crippen LogP contribution in [0.2, 0.25) is 0 Å². The van der Waals surface area contributed by atoms with Crippen molar-refractivity contribution in [2.45, 2.75) is 13.8 Å². The number of thioether (sulfide) groups is 1. The minimum atomic E-state index is -0.284. The molecule has 1 aromatic rings. The van der Waals surface area contributed by atoms with Gasteiger partial charge in [0.15, 0.2) is 0 Å². The van der Waals surface area contributed by atoms with E-state index < -0.39 is 0 Å². The molecule has 0 bridgehead atoms. The molecule has 1 aliphatic rings. The van der Waals surface area contributed by atoms with E-state index in [4.69, 9.17) is 0 Å². The van der Waals surface area contributed by atoms with Gasteiger partial charge in [-0.15, -0.1) is 0 Å². The van der Waals surface area contributed by atoms with Crippen LogP contribution in [0, 0.1) is 13.8 Å². The quantitative estimate of drug-likeness (QED) is 0.791. The smallest absolute Gasteiger partial charge is 0.293 e. The van der Waals surface area contributed by atoms with E-state index in [1.807, 2.05) is 0 Å². The molecule has 2 rings (SSSR count). The molecule has 0 atom stereocenters. The highest BCUT2D eigenvalue weighted by Gasteiger charge is 2.31. The Bertz CT molecular complexity index is 555. The lowest BCUT2D eigenvalue weighted by Gasteiger charge is -2.05. The second-order valence-corrected chi connectivity index (χ2v) is 5.24. The normalized spacial score (nSPS) is 17.9. The molecule has 1 heterocycles. The number of rotatable bonds is 1. The summed E-state index contributed by atoms with van der Waals surface area (Å²) in [5, 5.41) is 9.41. The van der Waals surface area contributed by atoms with Crippen molar-refractivity contribution in [3.8, 4) is 5.75 Å². The third kappa shape index (κ3) is 2.13. The summed E-state index contributed by atoms with van der Waals surface area (Å²) >= 11 is 0.929. The number of phenols is 1. The Balaban J connectivity index is 2.40. The fraction of sp³-hybridized carbons (Fsp3) is 0.231. The maximum absolute atomic E-state index is 11.7. The molecule has 1 fully saturated rings. The fourth-order valence-electron chi connectivity index (χ4n) is 1.77. The highest BCUT2D eigenvalue weighted by molar-refractivity contribution is 8.18. The van der Waals surface area contributed by atoms with Crippen molar-refractivity contribution in [3.63, 3.8) is 0 Å². The summed E-state index contributed by atoms with van der Waals surface area (Å²) in [5.41, 5.74) is 2.30. The van der Waals surface area contributed by atoms with Crippen molar-refractivity contribution >= 4 is 29.0 Å². The summed E-state index contributed by atoms with van der Waals surface area (Å²) in [6.07, 6.45) is 1.67. The molecule has 0 aliphatic carbocycles. The molecule has 94 valence electrons. The number of hydrogen-bond acceptors (Lipinski definition) is 4. The van der Waals surface area contributed by atoms with Gasteiger partial charge >= 0.3 is 0 Å². The highest BCUT2D eigenvalue weighted by atomic mass is 32.2. The third-order valence-corrected chi connectivity index (χ3v) is 3.76. The summed E-state index contributed by atoms with van der Waals surface area (Å²) in [6, 6.07) is 3.57. The molecule has 1 aliphatic heterocycles. The number of phenolic OH excluding ortho intramolecular Hbond substituents is 1. The number of imide groups is 1. The van der Waals surface area contributed by atoms with Gasteiger partial charge in [0.1, 0.15) is 5.75 Å². The fourth-order valence-corrected chi connectivity index (χ4v) is 2.60. The van der Waals surface area contributed by atoms with Crippen LogP contribution in [0.1, 0.15) is 16.7 Å². The van der Waals surface area contributed by atoms with Crippen molar-refractivity contribution in [3.05, 3.63) is 33.7 Å². The second kappa shape index (κ2) is 4.49. The van der Waals surface area contributed by atoms with Gasteiger partial charge in [-0.3, -0.25) is 14.5 Å². The Morgan fingerprint density at radius 2 is 1.78 bits per heavy atom. The van der Waals surface area contributed by atoms with Crippen LogP contribution in [0.3, 0.4) is 0 Å². The Kier molecular flexibility index (Phi) is 3.17. The SMILES string of the molecule is Cc1cc(C=C2SC(=O)N(C)C2=O)cc(C)c1O. The number of carbonyl (C=O) groups excluding carboxylic acids is 2. The maximum Gasteiger partial charge on any atom is 0.293 e. The number of carbonyl (C=O) groups is 2. The van der Waals surface area contributed by atoms with Gasteiger partial charge in [-0.2, -0.15) is 0 Å². The van der Waals surface area contributed by atoms with Crippen molar-refractivity contribution in [1.29, 1.82) is 0 Å². The number of nitrogens with zero attached hydrogens (tertiary/aromatic N) is 1. The zero-order chi connectivity index (χ0) is 13.4. The van der Waals surface area contributed by atoms with E-state index in [0.29, 0.717) is 4.91 Å². The van der Waals surface area contributed by atoms with Crippen molar-refractivity contribution in [1.82, 2.24) is 4.90 Å². The summed E-state index contributed by atoms with van der Waals surface area (Å²) in [4.78, 5) is 24.6. The molecule has 1 saturated heterocycles. The third-order valence-electron chi connectivity index (χ3n) is 2.80. The average molecular weight is 263 g/mol. The Labute approximate surface area is 109 Å². The largest absolute Gasteiger partial charge is 0.507 e. The van der Waals surface area contributed by atoms with Gasteiger partial charge in [-0.05, 0) is 60.5 Å². The van der Waals surface area contributed by atoms with Crippen molar-refractivity contribution in [2.24, 2.45) is 0 Å². The zero-order valence-electron chi connectivity index (χ0n) is 10.4. The van der Waals surface area contributed by atoms with Crippen LogP contribution in [0.15, 0.2) is 17.0 Å². The van der Waals surface area contributed by atoms with Crippen LogP contribution in [0.4, 0.5) is 4.79 Å². The molecule has 1 aromatic carbocycles. The summed E-state index contributed by atoms with van der Waals surface area (Å²) in [5.74, 6) is -0.0240. The molecule has 0 unspecified atom stereocenters. The standard InChI is InChI=1S/C13H13NO3S/c1-7-4-9(5-8(2)11(7)15)6-10-12(16)14(3)13(17)18-10/h4-6,15H,1-3H3. The zero-order valence-corrected chi connectivity index (χ0v) is 11.2. The Hall–Kier alpha value is -1.75. The predicted octanol–water partition coefficient (Wildman–Crippen LogP) is 2.68. The van der Waals surface area contributed by atoms with Crippen LogP contribution in [-0.2, 0) is 4.79 Å². The first kappa shape index (κ1) is 12.7. The molecule has 2 amide bonds. The predicted molar refractivity (Wildman–Crippen MR) is 71.3 cm³/mol. The lowest BCUT2D eigenvalue weighted by Crippen LogP contribution is -2.22. The highest BCUT2D eigenvalue weighted by Crippen LogP contribution is 2.32. The van der Waals surface area contributed by atoms with E-state index >= 15 is 0 Å². The molecule has 4 nitrogen and oxygen atoms in total. The monoisotopic (exact) mass is 263 g/mol. The number of aryl methyl sites for hydroxylation is 2. The average Bonchev–Trinajstić information content (AvgIpc) is 2.54. The van der Waals surface area contributed by atoms with Crippen LogP contribution < -0.4 is 0 Å². The molecule has 0 saturated carbocycles. The molecule has 0 aromatic heterocycles. The lowest BCUT2D eigenvalue weighted by molar-refractivity contribution is -0.121. The summed E-state index contributed by atoms with van der Waals surface area (Å²) < 4.78 is 0. The molecule has 0 spiro atoms. The minimum Gasteiger partial charge on any atom is -0.507 e. The van der Waals surface area contributed by atoms with Gasteiger partial charge in [0, 0.05) is 7.05 Å². The van der Waals surface area contributed by atoms with E-state index in [2.05, 4.69) is 0 Å². The second-order valence-electron chi connectivity index (χ2n) is 4.24. The molecular formula is C13H13NO3S. The van der Waals surface area contributed by atoms with E-state index in [1.165, 1.54) is 7.05 Å². The molecular weight excluding hydrogens is 250 g/mol. The molecule has 0 radical (unpaired) electrons.